The molecule has 0 aliphatic rings. The Bertz CT molecular complexity index is 918. The molecule has 0 aliphatic heterocycles. The first kappa shape index (κ1) is 16.0. The Labute approximate surface area is 151 Å². The van der Waals surface area contributed by atoms with Crippen LogP contribution >= 0.6 is 22.7 Å². The van der Waals surface area contributed by atoms with Crippen molar-refractivity contribution in [3.05, 3.63) is 48.5 Å². The minimum Gasteiger partial charge on any atom is -0.252 e. The third kappa shape index (κ3) is 3.19. The Hall–Kier alpha value is -1.48. The van der Waals surface area contributed by atoms with E-state index in [0.29, 0.717) is 20.2 Å². The molecule has 2 aromatic heterocycles. The lowest BCUT2D eigenvalue weighted by molar-refractivity contribution is 0.677. The summed E-state index contributed by atoms with van der Waals surface area (Å²) in [5.41, 5.74) is 1.72. The van der Waals surface area contributed by atoms with Gasteiger partial charge in [0.1, 0.15) is 0 Å². The van der Waals surface area contributed by atoms with Crippen LogP contribution in [-0.2, 0) is 21.6 Å². The highest BCUT2D eigenvalue weighted by atomic mass is 32.2. The van der Waals surface area contributed by atoms with E-state index in [1.54, 1.807) is 0 Å². The normalized spacial score (nSPS) is 14.2. The van der Waals surface area contributed by atoms with Gasteiger partial charge >= 0.3 is 0 Å². The van der Waals surface area contributed by atoms with Crippen LogP contribution in [0, 0.1) is 0 Å². The maximum absolute atomic E-state index is 12.4. The molecule has 2 unspecified atom stereocenters. The zero-order chi connectivity index (χ0) is 16.5. The second kappa shape index (κ2) is 6.79. The van der Waals surface area contributed by atoms with Gasteiger partial charge in [-0.1, -0.05) is 24.3 Å². The minimum atomic E-state index is -1.24. The molecule has 2 atom stereocenters. The van der Waals surface area contributed by atoms with Crippen LogP contribution in [0.4, 0.5) is 0 Å². The number of hydrogen-bond donors (Lipinski definition) is 0. The molecular formula is C16H12N2O2S4. The number of hydrogen-bond acceptors (Lipinski definition) is 6. The van der Waals surface area contributed by atoms with Gasteiger partial charge in [-0.05, 0) is 24.3 Å². The van der Waals surface area contributed by atoms with Crippen molar-refractivity contribution in [1.82, 2.24) is 9.97 Å². The van der Waals surface area contributed by atoms with Crippen molar-refractivity contribution in [2.45, 2.75) is 8.68 Å². The van der Waals surface area contributed by atoms with E-state index in [1.165, 1.54) is 22.7 Å². The van der Waals surface area contributed by atoms with Gasteiger partial charge in [0.15, 0.2) is 8.68 Å². The van der Waals surface area contributed by atoms with E-state index in [4.69, 9.17) is 0 Å². The van der Waals surface area contributed by atoms with Crippen molar-refractivity contribution < 1.29 is 8.42 Å². The topological polar surface area (TPSA) is 59.9 Å². The number of aromatic nitrogens is 2. The smallest absolute Gasteiger partial charge is 0.181 e. The molecule has 122 valence electrons. The summed E-state index contributed by atoms with van der Waals surface area (Å²) in [6.45, 7) is 0. The van der Waals surface area contributed by atoms with E-state index in [0.717, 1.165) is 20.4 Å². The highest BCUT2D eigenvalue weighted by molar-refractivity contribution is 7.91. The van der Waals surface area contributed by atoms with E-state index >= 15 is 0 Å². The molecule has 0 fully saturated rings. The molecule has 0 radical (unpaired) electrons. The van der Waals surface area contributed by atoms with E-state index in [9.17, 15) is 8.42 Å². The van der Waals surface area contributed by atoms with Gasteiger partial charge in [-0.15, -0.1) is 22.7 Å². The lowest BCUT2D eigenvalue weighted by atomic mass is 10.3. The summed E-state index contributed by atoms with van der Waals surface area (Å²) in [7, 11) is -2.47. The molecule has 2 aromatic carbocycles. The van der Waals surface area contributed by atoms with Crippen LogP contribution in [0.1, 0.15) is 0 Å². The molecule has 4 nitrogen and oxygen atoms in total. The third-order valence-electron chi connectivity index (χ3n) is 3.39. The number of thiazole rings is 2. The zero-order valence-corrected chi connectivity index (χ0v) is 15.6. The van der Waals surface area contributed by atoms with Gasteiger partial charge in [-0.25, -0.2) is 9.97 Å². The summed E-state index contributed by atoms with van der Waals surface area (Å²) in [5.74, 6) is 0.644. The fourth-order valence-corrected chi connectivity index (χ4v) is 7.36. The van der Waals surface area contributed by atoms with Gasteiger partial charge in [0, 0.05) is 11.5 Å². The molecule has 8 heteroatoms. The van der Waals surface area contributed by atoms with Crippen LogP contribution in [0.2, 0.25) is 0 Å². The standard InChI is InChI=1S/C16H12N2O2S4/c19-23(15-17-11-5-1-3-7-13(11)21-15)9-10-24(20)16-18-12-6-2-4-8-14(12)22-16/h1-8H,9-10H2. The van der Waals surface area contributed by atoms with Crippen LogP contribution in [0.3, 0.4) is 0 Å². The van der Waals surface area contributed by atoms with Crippen molar-refractivity contribution in [1.29, 1.82) is 0 Å². The first-order valence-electron chi connectivity index (χ1n) is 7.18. The van der Waals surface area contributed by atoms with E-state index in [-0.39, 0.29) is 0 Å². The highest BCUT2D eigenvalue weighted by Crippen LogP contribution is 2.26. The fraction of sp³-hybridized carbons (Fsp3) is 0.125. The van der Waals surface area contributed by atoms with Gasteiger partial charge in [-0.2, -0.15) is 0 Å². The van der Waals surface area contributed by atoms with E-state index in [1.807, 2.05) is 48.5 Å². The van der Waals surface area contributed by atoms with Crippen LogP contribution in [0.5, 0.6) is 0 Å². The maximum atomic E-state index is 12.4. The lowest BCUT2D eigenvalue weighted by Crippen LogP contribution is -2.08. The predicted octanol–water partition coefficient (Wildman–Crippen LogP) is 3.82. The number of para-hydroxylation sites is 2. The van der Waals surface area contributed by atoms with E-state index in [2.05, 4.69) is 9.97 Å². The Morgan fingerprint density at radius 2 is 1.12 bits per heavy atom. The van der Waals surface area contributed by atoms with Crippen molar-refractivity contribution in [2.24, 2.45) is 0 Å². The molecule has 4 rings (SSSR count). The SMILES string of the molecule is O=S(CCS(=O)c1nc2ccccc2s1)c1nc2ccccc2s1. The number of fused-ring (bicyclic) bond motifs is 2. The van der Waals surface area contributed by atoms with Crippen molar-refractivity contribution in [2.75, 3.05) is 11.5 Å². The van der Waals surface area contributed by atoms with Gasteiger partial charge in [0.05, 0.1) is 42.0 Å². The Balaban J connectivity index is 1.47. The molecular weight excluding hydrogens is 380 g/mol. The largest absolute Gasteiger partial charge is 0.252 e. The van der Waals surface area contributed by atoms with Crippen LogP contribution in [0.25, 0.3) is 20.4 Å². The average Bonchev–Trinajstić information content (AvgIpc) is 3.23. The Kier molecular flexibility index (Phi) is 4.53. The molecule has 2 heterocycles. The lowest BCUT2D eigenvalue weighted by Gasteiger charge is -1.97. The second-order valence-corrected chi connectivity index (χ2v) is 10.5. The van der Waals surface area contributed by atoms with Crippen LogP contribution in [-0.4, -0.2) is 29.9 Å². The average molecular weight is 393 g/mol. The maximum Gasteiger partial charge on any atom is 0.181 e. The molecule has 0 bridgehead atoms. The van der Waals surface area contributed by atoms with Crippen LogP contribution < -0.4 is 0 Å². The molecule has 0 N–H and O–H groups in total. The van der Waals surface area contributed by atoms with Crippen LogP contribution in [0.15, 0.2) is 57.2 Å². The van der Waals surface area contributed by atoms with Crippen molar-refractivity contribution in [3.63, 3.8) is 0 Å². The molecule has 0 saturated carbocycles. The fourth-order valence-electron chi connectivity index (χ4n) is 2.22. The summed E-state index contributed by atoms with van der Waals surface area (Å²) in [6.07, 6.45) is 0. The molecule has 0 amide bonds. The first-order valence-corrected chi connectivity index (χ1v) is 11.5. The number of nitrogens with zero attached hydrogens (tertiary/aromatic N) is 2. The quantitative estimate of drug-likeness (QED) is 0.518. The van der Waals surface area contributed by atoms with Gasteiger partial charge < -0.3 is 0 Å². The molecule has 24 heavy (non-hydrogen) atoms. The monoisotopic (exact) mass is 392 g/mol. The van der Waals surface area contributed by atoms with Gasteiger partial charge in [0.25, 0.3) is 0 Å². The van der Waals surface area contributed by atoms with Gasteiger partial charge in [0.2, 0.25) is 0 Å². The van der Waals surface area contributed by atoms with Crippen molar-refractivity contribution in [3.8, 4) is 0 Å². The van der Waals surface area contributed by atoms with Gasteiger partial charge in [-0.3, -0.25) is 8.42 Å². The Morgan fingerprint density at radius 1 is 0.708 bits per heavy atom. The molecule has 0 spiro atoms. The van der Waals surface area contributed by atoms with Crippen molar-refractivity contribution >= 4 is 64.7 Å². The zero-order valence-electron chi connectivity index (χ0n) is 12.4. The molecule has 4 aromatic rings. The predicted molar refractivity (Wildman–Crippen MR) is 102 cm³/mol. The highest BCUT2D eigenvalue weighted by Gasteiger charge is 2.15. The Morgan fingerprint density at radius 3 is 1.54 bits per heavy atom. The summed E-state index contributed by atoms with van der Waals surface area (Å²) < 4.78 is 28.1. The third-order valence-corrected chi connectivity index (χ3v) is 9.04. The summed E-state index contributed by atoms with van der Waals surface area (Å²) in [6, 6.07) is 15.5. The number of rotatable bonds is 5. The first-order chi connectivity index (χ1) is 11.7. The second-order valence-electron chi connectivity index (χ2n) is 4.99. The van der Waals surface area contributed by atoms with E-state index < -0.39 is 21.6 Å². The summed E-state index contributed by atoms with van der Waals surface area (Å²) in [5, 5.41) is 0. The minimum absolute atomic E-state index is 0.322. The number of benzene rings is 2. The molecule has 0 saturated heterocycles. The summed E-state index contributed by atoms with van der Waals surface area (Å²) in [4.78, 5) is 8.81. The summed E-state index contributed by atoms with van der Waals surface area (Å²) >= 11 is 2.87. The molecule has 0 aliphatic carbocycles.